The second-order valence-electron chi connectivity index (χ2n) is 5.67. The van der Waals surface area contributed by atoms with Crippen molar-refractivity contribution in [1.82, 2.24) is 5.32 Å². The zero-order chi connectivity index (χ0) is 17.7. The molecule has 0 aliphatic rings. The van der Waals surface area contributed by atoms with Crippen LogP contribution in [0.4, 0.5) is 0 Å². The molecule has 0 amide bonds. The van der Waals surface area contributed by atoms with Gasteiger partial charge in [0.2, 0.25) is 0 Å². The molecule has 2 aromatic carbocycles. The fraction of sp³-hybridized carbons (Fsp3) is 0.333. The third-order valence-corrected chi connectivity index (χ3v) is 4.26. The predicted molar refractivity (Wildman–Crippen MR) is 108 cm³/mol. The monoisotopic (exact) mass is 423 g/mol. The molecule has 3 nitrogen and oxygen atoms in total. The number of nitrogens with one attached hydrogen (secondary N) is 1. The highest BCUT2D eigenvalue weighted by atomic mass is 35.5. The molecule has 7 heteroatoms. The van der Waals surface area contributed by atoms with Gasteiger partial charge in [-0.25, -0.2) is 0 Å². The average molecular weight is 425 g/mol. The number of hydrogen-bond acceptors (Lipinski definition) is 3. The maximum absolute atomic E-state index is 6.37. The summed E-state index contributed by atoms with van der Waals surface area (Å²) in [6.45, 7) is 5.16. The van der Waals surface area contributed by atoms with Crippen LogP contribution in [0.1, 0.15) is 25.0 Å². The van der Waals surface area contributed by atoms with Crippen LogP contribution in [-0.2, 0) is 13.2 Å². The van der Waals surface area contributed by atoms with Crippen molar-refractivity contribution in [1.29, 1.82) is 0 Å². The lowest BCUT2D eigenvalue weighted by Crippen LogP contribution is -2.21. The van der Waals surface area contributed by atoms with Gasteiger partial charge >= 0.3 is 0 Å². The molecule has 0 heterocycles. The Morgan fingerprint density at radius 2 is 1.76 bits per heavy atom. The standard InChI is InChI=1S/C18H20Cl3NO2.ClH/c1-11(2)22-9-12-6-16(21)18(17(7-12)23-3)24-10-13-4-5-14(19)8-15(13)20;/h4-8,11,22H,9-10H2,1-3H3;1H. The van der Waals surface area contributed by atoms with Crippen LogP contribution in [0.15, 0.2) is 30.3 Å². The minimum Gasteiger partial charge on any atom is -0.493 e. The van der Waals surface area contributed by atoms with E-state index in [4.69, 9.17) is 44.3 Å². The predicted octanol–water partition coefficient (Wildman–Crippen LogP) is 6.15. The van der Waals surface area contributed by atoms with Gasteiger partial charge in [0.15, 0.2) is 11.5 Å². The molecular formula is C18H21Cl4NO2. The summed E-state index contributed by atoms with van der Waals surface area (Å²) in [5.41, 5.74) is 1.85. The molecule has 0 fully saturated rings. The largest absolute Gasteiger partial charge is 0.493 e. The minimum absolute atomic E-state index is 0. The lowest BCUT2D eigenvalue weighted by atomic mass is 10.2. The molecule has 0 saturated heterocycles. The molecule has 1 N–H and O–H groups in total. The molecule has 0 aliphatic carbocycles. The molecule has 0 spiro atoms. The SMILES string of the molecule is COc1cc(CNC(C)C)cc(Cl)c1OCc1ccc(Cl)cc1Cl.Cl. The van der Waals surface area contributed by atoms with Gasteiger partial charge in [-0.05, 0) is 29.8 Å². The molecule has 2 aromatic rings. The summed E-state index contributed by atoms with van der Waals surface area (Å²) in [7, 11) is 1.59. The summed E-state index contributed by atoms with van der Waals surface area (Å²) < 4.78 is 11.3. The van der Waals surface area contributed by atoms with Gasteiger partial charge in [-0.15, -0.1) is 12.4 Å². The number of ether oxygens (including phenoxy) is 2. The highest BCUT2D eigenvalue weighted by molar-refractivity contribution is 6.35. The Labute approximate surface area is 170 Å². The first-order valence-electron chi connectivity index (χ1n) is 7.57. The van der Waals surface area contributed by atoms with Crippen molar-refractivity contribution in [3.8, 4) is 11.5 Å². The van der Waals surface area contributed by atoms with E-state index in [-0.39, 0.29) is 19.0 Å². The van der Waals surface area contributed by atoms with E-state index in [2.05, 4.69) is 19.2 Å². The first-order valence-corrected chi connectivity index (χ1v) is 8.70. The van der Waals surface area contributed by atoms with Crippen molar-refractivity contribution in [3.63, 3.8) is 0 Å². The fourth-order valence-corrected chi connectivity index (χ4v) is 2.88. The van der Waals surface area contributed by atoms with Gasteiger partial charge < -0.3 is 14.8 Å². The van der Waals surface area contributed by atoms with E-state index < -0.39 is 0 Å². The van der Waals surface area contributed by atoms with Crippen molar-refractivity contribution >= 4 is 47.2 Å². The molecule has 0 saturated carbocycles. The zero-order valence-corrected chi connectivity index (χ0v) is 17.3. The topological polar surface area (TPSA) is 30.5 Å². The summed E-state index contributed by atoms with van der Waals surface area (Å²) in [6.07, 6.45) is 0. The van der Waals surface area contributed by atoms with E-state index in [0.717, 1.165) is 11.1 Å². The van der Waals surface area contributed by atoms with E-state index in [1.165, 1.54) is 0 Å². The fourth-order valence-electron chi connectivity index (χ4n) is 2.13. The van der Waals surface area contributed by atoms with E-state index >= 15 is 0 Å². The number of halogens is 4. The van der Waals surface area contributed by atoms with Crippen molar-refractivity contribution in [3.05, 3.63) is 56.5 Å². The lowest BCUT2D eigenvalue weighted by Gasteiger charge is -2.16. The maximum atomic E-state index is 6.37. The summed E-state index contributed by atoms with van der Waals surface area (Å²) in [5.74, 6) is 1.09. The van der Waals surface area contributed by atoms with Gasteiger partial charge in [-0.1, -0.05) is 54.7 Å². The number of hydrogen-bond donors (Lipinski definition) is 1. The van der Waals surface area contributed by atoms with Gasteiger partial charge in [0.1, 0.15) is 6.61 Å². The molecule has 0 bridgehead atoms. The molecule has 0 atom stereocenters. The summed E-state index contributed by atoms with van der Waals surface area (Å²) >= 11 is 18.4. The Morgan fingerprint density at radius 1 is 1.04 bits per heavy atom. The van der Waals surface area contributed by atoms with Gasteiger partial charge in [-0.2, -0.15) is 0 Å². The lowest BCUT2D eigenvalue weighted by molar-refractivity contribution is 0.284. The Kier molecular flexibility index (Phi) is 9.19. The Balaban J connectivity index is 0.00000312. The number of benzene rings is 2. The molecule has 0 aliphatic heterocycles. The third kappa shape index (κ3) is 6.43. The van der Waals surface area contributed by atoms with Crippen LogP contribution >= 0.6 is 47.2 Å². The average Bonchev–Trinajstić information content (AvgIpc) is 2.52. The molecule has 0 radical (unpaired) electrons. The first kappa shape index (κ1) is 22.2. The molecule has 2 rings (SSSR count). The number of rotatable bonds is 7. The van der Waals surface area contributed by atoms with Gasteiger partial charge in [0, 0.05) is 28.2 Å². The van der Waals surface area contributed by atoms with Crippen molar-refractivity contribution < 1.29 is 9.47 Å². The van der Waals surface area contributed by atoms with Crippen LogP contribution in [0.2, 0.25) is 15.1 Å². The Bertz CT molecular complexity index is 708. The van der Waals surface area contributed by atoms with E-state index in [9.17, 15) is 0 Å². The molecule has 25 heavy (non-hydrogen) atoms. The van der Waals surface area contributed by atoms with Crippen molar-refractivity contribution in [2.75, 3.05) is 7.11 Å². The summed E-state index contributed by atoms with van der Waals surface area (Å²) in [6, 6.07) is 9.45. The second kappa shape index (κ2) is 10.3. The Morgan fingerprint density at radius 3 is 2.36 bits per heavy atom. The van der Waals surface area contributed by atoms with Gasteiger partial charge in [0.05, 0.1) is 12.1 Å². The highest BCUT2D eigenvalue weighted by Gasteiger charge is 2.13. The van der Waals surface area contributed by atoms with Crippen LogP contribution in [0.5, 0.6) is 11.5 Å². The quantitative estimate of drug-likeness (QED) is 0.577. The summed E-state index contributed by atoms with van der Waals surface area (Å²) in [5, 5.41) is 4.98. The molecule has 138 valence electrons. The first-order chi connectivity index (χ1) is 11.4. The van der Waals surface area contributed by atoms with Crippen LogP contribution < -0.4 is 14.8 Å². The highest BCUT2D eigenvalue weighted by Crippen LogP contribution is 2.37. The van der Waals surface area contributed by atoms with Crippen LogP contribution in [-0.4, -0.2) is 13.2 Å². The Hall–Kier alpha value is -0.840. The van der Waals surface area contributed by atoms with Crippen molar-refractivity contribution in [2.24, 2.45) is 0 Å². The molecular weight excluding hydrogens is 404 g/mol. The summed E-state index contributed by atoms with van der Waals surface area (Å²) in [4.78, 5) is 0. The van der Waals surface area contributed by atoms with Gasteiger partial charge in [0.25, 0.3) is 0 Å². The maximum Gasteiger partial charge on any atom is 0.180 e. The van der Waals surface area contributed by atoms with E-state index in [1.54, 1.807) is 19.2 Å². The third-order valence-electron chi connectivity index (χ3n) is 3.39. The van der Waals surface area contributed by atoms with Crippen molar-refractivity contribution in [2.45, 2.75) is 33.0 Å². The van der Waals surface area contributed by atoms with E-state index in [1.807, 2.05) is 18.2 Å². The minimum atomic E-state index is 0. The normalized spacial score (nSPS) is 10.5. The van der Waals surface area contributed by atoms with Gasteiger partial charge in [-0.3, -0.25) is 0 Å². The van der Waals surface area contributed by atoms with Crippen LogP contribution in [0.3, 0.4) is 0 Å². The molecule has 0 unspecified atom stereocenters. The van der Waals surface area contributed by atoms with Crippen LogP contribution in [0.25, 0.3) is 0 Å². The number of methoxy groups -OCH3 is 1. The molecule has 0 aromatic heterocycles. The zero-order valence-electron chi connectivity index (χ0n) is 14.2. The second-order valence-corrected chi connectivity index (χ2v) is 6.92. The van der Waals surface area contributed by atoms with Crippen LogP contribution in [0, 0.1) is 0 Å². The smallest absolute Gasteiger partial charge is 0.180 e. The van der Waals surface area contributed by atoms with E-state index in [0.29, 0.717) is 39.2 Å².